The van der Waals surface area contributed by atoms with Crippen LogP contribution in [-0.4, -0.2) is 20.9 Å². The Kier molecular flexibility index (Phi) is 4.16. The lowest BCUT2D eigenvalue weighted by Gasteiger charge is -2.14. The van der Waals surface area contributed by atoms with Crippen LogP contribution in [0.5, 0.6) is 0 Å². The first-order chi connectivity index (χ1) is 13.0. The molecule has 0 amide bonds. The van der Waals surface area contributed by atoms with E-state index >= 15 is 0 Å². The standard InChI is InChI=1S/C21H17N3O3/c1-12-11-16(14-7-3-5-9-17(14)22-12)21(26)27-13(2)19-23-18-10-6-4-8-15(18)20(25)24-19/h3-11,13H,1-2H3,(H,23,24,25)/t13-/m0/s1. The third kappa shape index (κ3) is 3.17. The number of pyridine rings is 1. The summed E-state index contributed by atoms with van der Waals surface area (Å²) in [6, 6.07) is 16.1. The number of aryl methyl sites for hydroxylation is 1. The molecule has 6 heteroatoms. The van der Waals surface area contributed by atoms with Crippen molar-refractivity contribution in [2.24, 2.45) is 0 Å². The number of ether oxygens (including phenoxy) is 1. The van der Waals surface area contributed by atoms with Gasteiger partial charge in [-0.25, -0.2) is 9.78 Å². The molecule has 2 aromatic carbocycles. The highest BCUT2D eigenvalue weighted by molar-refractivity contribution is 6.03. The molecular weight excluding hydrogens is 342 g/mol. The summed E-state index contributed by atoms with van der Waals surface area (Å²) < 4.78 is 5.59. The molecule has 6 nitrogen and oxygen atoms in total. The van der Waals surface area contributed by atoms with Gasteiger partial charge in [0.05, 0.1) is 22.0 Å². The summed E-state index contributed by atoms with van der Waals surface area (Å²) in [5, 5.41) is 1.22. The molecule has 0 fully saturated rings. The zero-order valence-electron chi connectivity index (χ0n) is 14.9. The van der Waals surface area contributed by atoms with Crippen molar-refractivity contribution >= 4 is 27.8 Å². The molecule has 1 atom stereocenters. The minimum atomic E-state index is -0.706. The Morgan fingerprint density at radius 3 is 2.37 bits per heavy atom. The Hall–Kier alpha value is -3.54. The second kappa shape index (κ2) is 6.64. The number of rotatable bonds is 3. The summed E-state index contributed by atoms with van der Waals surface area (Å²) in [6.07, 6.45) is -0.706. The third-order valence-electron chi connectivity index (χ3n) is 4.36. The van der Waals surface area contributed by atoms with Crippen LogP contribution in [0.1, 0.15) is 34.9 Å². The van der Waals surface area contributed by atoms with Gasteiger partial charge in [-0.3, -0.25) is 9.78 Å². The lowest BCUT2D eigenvalue weighted by Crippen LogP contribution is -2.17. The summed E-state index contributed by atoms with van der Waals surface area (Å²) in [5.74, 6) is -0.179. The van der Waals surface area contributed by atoms with Crippen LogP contribution in [0.4, 0.5) is 0 Å². The number of fused-ring (bicyclic) bond motifs is 2. The lowest BCUT2D eigenvalue weighted by molar-refractivity contribution is 0.0322. The Labute approximate surface area is 154 Å². The van der Waals surface area contributed by atoms with E-state index in [1.807, 2.05) is 31.2 Å². The van der Waals surface area contributed by atoms with Crippen LogP contribution < -0.4 is 5.56 Å². The Balaban J connectivity index is 1.69. The molecule has 0 saturated heterocycles. The summed E-state index contributed by atoms with van der Waals surface area (Å²) >= 11 is 0. The number of H-pyrrole nitrogens is 1. The largest absolute Gasteiger partial charge is 0.451 e. The number of esters is 1. The van der Waals surface area contributed by atoms with Crippen molar-refractivity contribution in [3.8, 4) is 0 Å². The second-order valence-electron chi connectivity index (χ2n) is 6.34. The summed E-state index contributed by atoms with van der Waals surface area (Å²) in [5.41, 5.74) is 2.20. The molecule has 1 N–H and O–H groups in total. The first-order valence-electron chi connectivity index (χ1n) is 8.59. The minimum absolute atomic E-state index is 0.260. The predicted molar refractivity (Wildman–Crippen MR) is 103 cm³/mol. The molecule has 4 aromatic rings. The van der Waals surface area contributed by atoms with Gasteiger partial charge in [-0.1, -0.05) is 30.3 Å². The molecule has 0 spiro atoms. The van der Waals surface area contributed by atoms with Crippen molar-refractivity contribution in [1.82, 2.24) is 15.0 Å². The zero-order valence-corrected chi connectivity index (χ0v) is 14.9. The number of hydrogen-bond acceptors (Lipinski definition) is 5. The maximum atomic E-state index is 12.8. The normalized spacial score (nSPS) is 12.2. The Morgan fingerprint density at radius 2 is 1.63 bits per heavy atom. The van der Waals surface area contributed by atoms with Crippen molar-refractivity contribution in [3.05, 3.63) is 82.0 Å². The molecular formula is C21H17N3O3. The Morgan fingerprint density at radius 1 is 1.00 bits per heavy atom. The van der Waals surface area contributed by atoms with Gasteiger partial charge in [0.1, 0.15) is 0 Å². The molecule has 4 rings (SSSR count). The molecule has 27 heavy (non-hydrogen) atoms. The van der Waals surface area contributed by atoms with Gasteiger partial charge in [0.2, 0.25) is 0 Å². The monoisotopic (exact) mass is 359 g/mol. The van der Waals surface area contributed by atoms with E-state index in [1.165, 1.54) is 0 Å². The van der Waals surface area contributed by atoms with E-state index in [0.717, 1.165) is 16.6 Å². The van der Waals surface area contributed by atoms with E-state index in [9.17, 15) is 9.59 Å². The van der Waals surface area contributed by atoms with Crippen LogP contribution in [0.2, 0.25) is 0 Å². The van der Waals surface area contributed by atoms with Crippen LogP contribution in [0.15, 0.2) is 59.4 Å². The number of carbonyl (C=O) groups is 1. The maximum Gasteiger partial charge on any atom is 0.339 e. The van der Waals surface area contributed by atoms with Gasteiger partial charge in [-0.05, 0) is 38.1 Å². The number of nitrogens with zero attached hydrogens (tertiary/aromatic N) is 2. The fraction of sp³-hybridized carbons (Fsp3) is 0.143. The molecule has 0 unspecified atom stereocenters. The van der Waals surface area contributed by atoms with Crippen LogP contribution in [0.3, 0.4) is 0 Å². The summed E-state index contributed by atoms with van der Waals surface area (Å²) in [7, 11) is 0. The SMILES string of the molecule is Cc1cc(C(=O)O[C@@H](C)c2nc3ccccc3c(=O)[nH]2)c2ccccc2n1. The molecule has 0 aliphatic carbocycles. The van der Waals surface area contributed by atoms with Crippen molar-refractivity contribution in [2.75, 3.05) is 0 Å². The van der Waals surface area contributed by atoms with Crippen molar-refractivity contribution in [2.45, 2.75) is 20.0 Å². The fourth-order valence-electron chi connectivity index (χ4n) is 3.05. The number of aromatic amines is 1. The van der Waals surface area contributed by atoms with Crippen LogP contribution in [0.25, 0.3) is 21.8 Å². The van der Waals surface area contributed by atoms with Gasteiger partial charge in [0.15, 0.2) is 11.9 Å². The first kappa shape index (κ1) is 16.9. The molecule has 0 radical (unpaired) electrons. The highest BCUT2D eigenvalue weighted by atomic mass is 16.5. The highest BCUT2D eigenvalue weighted by Crippen LogP contribution is 2.22. The molecule has 134 valence electrons. The molecule has 2 aromatic heterocycles. The van der Waals surface area contributed by atoms with Crippen molar-refractivity contribution < 1.29 is 9.53 Å². The van der Waals surface area contributed by atoms with E-state index in [4.69, 9.17) is 4.74 Å². The minimum Gasteiger partial charge on any atom is -0.451 e. The first-order valence-corrected chi connectivity index (χ1v) is 8.59. The average molecular weight is 359 g/mol. The van der Waals surface area contributed by atoms with Crippen LogP contribution >= 0.6 is 0 Å². The van der Waals surface area contributed by atoms with Gasteiger partial charge in [-0.2, -0.15) is 0 Å². The zero-order chi connectivity index (χ0) is 19.0. The van der Waals surface area contributed by atoms with Crippen molar-refractivity contribution in [1.29, 1.82) is 0 Å². The number of para-hydroxylation sites is 2. The maximum absolute atomic E-state index is 12.8. The highest BCUT2D eigenvalue weighted by Gasteiger charge is 2.19. The quantitative estimate of drug-likeness (QED) is 0.564. The Bertz CT molecular complexity index is 1230. The lowest BCUT2D eigenvalue weighted by atomic mass is 10.1. The molecule has 0 bridgehead atoms. The number of aromatic nitrogens is 3. The third-order valence-corrected chi connectivity index (χ3v) is 4.36. The number of carbonyl (C=O) groups excluding carboxylic acids is 1. The summed E-state index contributed by atoms with van der Waals surface area (Å²) in [6.45, 7) is 3.51. The number of benzene rings is 2. The van der Waals surface area contributed by atoms with Gasteiger partial charge in [-0.15, -0.1) is 0 Å². The van der Waals surface area contributed by atoms with Gasteiger partial charge < -0.3 is 9.72 Å². The fourth-order valence-corrected chi connectivity index (χ4v) is 3.05. The van der Waals surface area contributed by atoms with E-state index in [2.05, 4.69) is 15.0 Å². The van der Waals surface area contributed by atoms with Gasteiger partial charge in [0.25, 0.3) is 5.56 Å². The van der Waals surface area contributed by atoms with E-state index < -0.39 is 12.1 Å². The summed E-state index contributed by atoms with van der Waals surface area (Å²) in [4.78, 5) is 36.6. The molecule has 0 aliphatic heterocycles. The van der Waals surface area contributed by atoms with Crippen LogP contribution in [-0.2, 0) is 4.74 Å². The van der Waals surface area contributed by atoms with Crippen molar-refractivity contribution in [3.63, 3.8) is 0 Å². The number of hydrogen-bond donors (Lipinski definition) is 1. The average Bonchev–Trinajstić information content (AvgIpc) is 2.67. The molecule has 0 saturated carbocycles. The topological polar surface area (TPSA) is 84.9 Å². The van der Waals surface area contributed by atoms with Gasteiger partial charge in [0, 0.05) is 11.1 Å². The van der Waals surface area contributed by atoms with Crippen LogP contribution in [0, 0.1) is 6.92 Å². The smallest absolute Gasteiger partial charge is 0.339 e. The predicted octanol–water partition coefficient (Wildman–Crippen LogP) is 3.70. The molecule has 2 heterocycles. The number of nitrogens with one attached hydrogen (secondary N) is 1. The van der Waals surface area contributed by atoms with Gasteiger partial charge >= 0.3 is 5.97 Å². The van der Waals surface area contributed by atoms with E-state index in [0.29, 0.717) is 22.3 Å². The molecule has 0 aliphatic rings. The second-order valence-corrected chi connectivity index (χ2v) is 6.34. The van der Waals surface area contributed by atoms with E-state index in [1.54, 1.807) is 37.3 Å². The van der Waals surface area contributed by atoms with E-state index in [-0.39, 0.29) is 5.56 Å².